The zero-order chi connectivity index (χ0) is 17.4. The third-order valence-electron chi connectivity index (χ3n) is 5.66. The van der Waals surface area contributed by atoms with Gasteiger partial charge in [0.1, 0.15) is 0 Å². The molecule has 2 atom stereocenters. The Labute approximate surface area is 148 Å². The van der Waals surface area contributed by atoms with Crippen LogP contribution in [0.4, 0.5) is 5.95 Å². The van der Waals surface area contributed by atoms with E-state index in [1.54, 1.807) is 0 Å². The molecule has 1 aliphatic carbocycles. The predicted octanol–water partition coefficient (Wildman–Crippen LogP) is 1.34. The Morgan fingerprint density at radius 2 is 2.08 bits per heavy atom. The van der Waals surface area contributed by atoms with Gasteiger partial charge in [0.05, 0.1) is 18.3 Å². The van der Waals surface area contributed by atoms with E-state index < -0.39 is 0 Å². The summed E-state index contributed by atoms with van der Waals surface area (Å²) in [5, 5.41) is 16.9. The van der Waals surface area contributed by atoms with Gasteiger partial charge in [0.25, 0.3) is 0 Å². The molecule has 2 aromatic rings. The second-order valence-electron chi connectivity index (χ2n) is 7.69. The Morgan fingerprint density at radius 3 is 2.80 bits per heavy atom. The van der Waals surface area contributed by atoms with Crippen LogP contribution in [0.2, 0.25) is 0 Å². The van der Waals surface area contributed by atoms with Crippen molar-refractivity contribution >= 4 is 5.95 Å². The molecule has 4 rings (SSSR count). The van der Waals surface area contributed by atoms with Gasteiger partial charge in [-0.1, -0.05) is 5.10 Å². The largest absolute Gasteiger partial charge is 0.342 e. The summed E-state index contributed by atoms with van der Waals surface area (Å²) < 4.78 is 3.99. The van der Waals surface area contributed by atoms with E-state index in [4.69, 9.17) is 0 Å². The van der Waals surface area contributed by atoms with Gasteiger partial charge in [-0.05, 0) is 67.6 Å². The lowest BCUT2D eigenvalue weighted by Gasteiger charge is -2.39. The molecule has 0 spiro atoms. The van der Waals surface area contributed by atoms with E-state index in [9.17, 15) is 0 Å². The Hall–Kier alpha value is -1.96. The maximum Gasteiger partial charge on any atom is 0.245 e. The summed E-state index contributed by atoms with van der Waals surface area (Å²) in [6.07, 6.45) is 6.96. The average Bonchev–Trinajstić information content (AvgIpc) is 3.10. The normalized spacial score (nSPS) is 24.6. The van der Waals surface area contributed by atoms with Crippen molar-refractivity contribution in [1.82, 2.24) is 34.9 Å². The van der Waals surface area contributed by atoms with Gasteiger partial charge in [0, 0.05) is 26.8 Å². The number of hydrogen-bond acceptors (Lipinski definition) is 6. The van der Waals surface area contributed by atoms with Crippen molar-refractivity contribution in [2.75, 3.05) is 32.1 Å². The monoisotopic (exact) mass is 344 g/mol. The first-order valence-electron chi connectivity index (χ1n) is 9.29. The van der Waals surface area contributed by atoms with E-state index in [1.165, 1.54) is 31.4 Å². The van der Waals surface area contributed by atoms with Gasteiger partial charge in [0.15, 0.2) is 0 Å². The van der Waals surface area contributed by atoms with Crippen LogP contribution < -0.4 is 4.90 Å². The fourth-order valence-corrected chi connectivity index (χ4v) is 4.18. The molecular formula is C17H28N8. The molecule has 2 aliphatic rings. The molecule has 2 fully saturated rings. The molecule has 0 N–H and O–H groups in total. The fourth-order valence-electron chi connectivity index (χ4n) is 4.18. The lowest BCUT2D eigenvalue weighted by Crippen LogP contribution is -2.39. The molecule has 3 heterocycles. The Balaban J connectivity index is 1.54. The molecule has 2 aromatic heterocycles. The summed E-state index contributed by atoms with van der Waals surface area (Å²) in [5.74, 6) is 2.19. The minimum atomic E-state index is 0.354. The van der Waals surface area contributed by atoms with Gasteiger partial charge in [-0.3, -0.25) is 9.58 Å². The Kier molecular flexibility index (Phi) is 4.45. The number of tetrazole rings is 1. The molecule has 0 bridgehead atoms. The van der Waals surface area contributed by atoms with Crippen molar-refractivity contribution < 1.29 is 0 Å². The topological polar surface area (TPSA) is 67.9 Å². The summed E-state index contributed by atoms with van der Waals surface area (Å²) in [5.41, 5.74) is 1.27. The predicted molar refractivity (Wildman–Crippen MR) is 95.1 cm³/mol. The number of nitrogens with zero attached hydrogens (tertiary/aromatic N) is 8. The molecule has 0 unspecified atom stereocenters. The lowest BCUT2D eigenvalue weighted by atomic mass is 9.87. The molecular weight excluding hydrogens is 316 g/mol. The minimum absolute atomic E-state index is 0.354. The highest BCUT2D eigenvalue weighted by atomic mass is 15.6. The van der Waals surface area contributed by atoms with Crippen LogP contribution in [0.1, 0.15) is 37.4 Å². The highest BCUT2D eigenvalue weighted by molar-refractivity contribution is 5.27. The summed E-state index contributed by atoms with van der Waals surface area (Å²) in [6, 6.07) is 2.49. The first-order valence-corrected chi connectivity index (χ1v) is 9.29. The van der Waals surface area contributed by atoms with Crippen molar-refractivity contribution in [3.8, 4) is 0 Å². The van der Waals surface area contributed by atoms with E-state index in [0.717, 1.165) is 31.5 Å². The smallest absolute Gasteiger partial charge is 0.245 e. The number of piperidine rings is 1. The molecule has 136 valence electrons. The quantitative estimate of drug-likeness (QED) is 0.788. The molecule has 8 heteroatoms. The van der Waals surface area contributed by atoms with Gasteiger partial charge in [-0.2, -0.15) is 5.10 Å². The number of hydrogen-bond donors (Lipinski definition) is 0. The van der Waals surface area contributed by atoms with Crippen LogP contribution in [-0.2, 0) is 13.6 Å². The maximum atomic E-state index is 4.38. The number of aromatic nitrogens is 6. The summed E-state index contributed by atoms with van der Waals surface area (Å²) in [6.45, 7) is 3.02. The van der Waals surface area contributed by atoms with Crippen molar-refractivity contribution in [3.05, 3.63) is 18.0 Å². The number of aryl methyl sites for hydroxylation is 1. The zero-order valence-corrected chi connectivity index (χ0v) is 15.4. The van der Waals surface area contributed by atoms with Crippen LogP contribution in [0.5, 0.6) is 0 Å². The van der Waals surface area contributed by atoms with Gasteiger partial charge in [-0.25, -0.2) is 4.68 Å². The molecule has 0 aromatic carbocycles. The van der Waals surface area contributed by atoms with Gasteiger partial charge < -0.3 is 4.90 Å². The third-order valence-corrected chi connectivity index (χ3v) is 5.66. The molecule has 25 heavy (non-hydrogen) atoms. The first kappa shape index (κ1) is 16.5. The first-order chi connectivity index (χ1) is 12.1. The van der Waals surface area contributed by atoms with Crippen molar-refractivity contribution in [2.24, 2.45) is 18.9 Å². The minimum Gasteiger partial charge on any atom is -0.342 e. The van der Waals surface area contributed by atoms with Crippen LogP contribution in [0.3, 0.4) is 0 Å². The second kappa shape index (κ2) is 6.74. The molecule has 1 saturated carbocycles. The van der Waals surface area contributed by atoms with Crippen LogP contribution >= 0.6 is 0 Å². The van der Waals surface area contributed by atoms with Crippen LogP contribution in [0.15, 0.2) is 12.3 Å². The standard InChI is InChI=1S/C17H28N8/c1-22-10-4-5-14(16(22)15-8-9-18-24(15)3)12-25-17(19-20-21-25)23(2)11-13-6-7-13/h8-9,13-14,16H,4-7,10-12H2,1-3H3/t14-,16+/m0/s1. The van der Waals surface area contributed by atoms with Gasteiger partial charge in [-0.15, -0.1) is 0 Å². The SMILES string of the molecule is CN(CC1CC1)c1nnnn1C[C@@H]1CCCN(C)[C@H]1c1ccnn1C. The Bertz CT molecular complexity index is 703. The summed E-state index contributed by atoms with van der Waals surface area (Å²) in [4.78, 5) is 4.66. The molecule has 1 saturated heterocycles. The third kappa shape index (κ3) is 3.40. The van der Waals surface area contributed by atoms with Gasteiger partial charge in [0.2, 0.25) is 5.95 Å². The molecule has 8 nitrogen and oxygen atoms in total. The summed E-state index contributed by atoms with van der Waals surface area (Å²) >= 11 is 0. The van der Waals surface area contributed by atoms with Crippen molar-refractivity contribution in [3.63, 3.8) is 0 Å². The lowest BCUT2D eigenvalue weighted by molar-refractivity contribution is 0.0999. The number of rotatable bonds is 6. The zero-order valence-electron chi connectivity index (χ0n) is 15.4. The Morgan fingerprint density at radius 1 is 1.24 bits per heavy atom. The molecule has 0 radical (unpaired) electrons. The van der Waals surface area contributed by atoms with Crippen LogP contribution in [0.25, 0.3) is 0 Å². The van der Waals surface area contributed by atoms with E-state index in [2.05, 4.69) is 50.6 Å². The van der Waals surface area contributed by atoms with E-state index in [1.807, 2.05) is 22.6 Å². The van der Waals surface area contributed by atoms with E-state index in [-0.39, 0.29) is 0 Å². The van der Waals surface area contributed by atoms with Crippen LogP contribution in [0, 0.1) is 11.8 Å². The van der Waals surface area contributed by atoms with Gasteiger partial charge >= 0.3 is 0 Å². The van der Waals surface area contributed by atoms with Crippen molar-refractivity contribution in [1.29, 1.82) is 0 Å². The second-order valence-corrected chi connectivity index (χ2v) is 7.69. The van der Waals surface area contributed by atoms with Crippen molar-refractivity contribution in [2.45, 2.75) is 38.3 Å². The highest BCUT2D eigenvalue weighted by Crippen LogP contribution is 2.36. The van der Waals surface area contributed by atoms with E-state index >= 15 is 0 Å². The van der Waals surface area contributed by atoms with E-state index in [0.29, 0.717) is 12.0 Å². The highest BCUT2D eigenvalue weighted by Gasteiger charge is 2.34. The number of anilines is 1. The van der Waals surface area contributed by atoms with Crippen LogP contribution in [-0.4, -0.2) is 62.1 Å². The maximum absolute atomic E-state index is 4.38. The summed E-state index contributed by atoms with van der Waals surface area (Å²) in [7, 11) is 6.34. The number of likely N-dealkylation sites (tertiary alicyclic amines) is 1. The fraction of sp³-hybridized carbons (Fsp3) is 0.765. The average molecular weight is 344 g/mol. The molecule has 1 aliphatic heterocycles. The molecule has 0 amide bonds.